The maximum absolute atomic E-state index is 12.5. The monoisotopic (exact) mass is 684 g/mol. The molecule has 4 aromatic carbocycles. The zero-order chi connectivity index (χ0) is 34.3. The van der Waals surface area contributed by atoms with Gasteiger partial charge in [-0.2, -0.15) is 4.68 Å². The Morgan fingerprint density at radius 2 is 1.66 bits per heavy atom. The van der Waals surface area contributed by atoms with Gasteiger partial charge in [0.1, 0.15) is 0 Å². The molecular weight excluding hydrogens is 649 g/mol. The molecule has 10 nitrogen and oxygen atoms in total. The topological polar surface area (TPSA) is 124 Å². The number of benzene rings is 4. The van der Waals surface area contributed by atoms with Crippen LogP contribution in [0.15, 0.2) is 133 Å². The van der Waals surface area contributed by atoms with Crippen LogP contribution in [0.3, 0.4) is 0 Å². The summed E-state index contributed by atoms with van der Waals surface area (Å²) >= 11 is 1.55. The van der Waals surface area contributed by atoms with Crippen molar-refractivity contribution in [2.75, 3.05) is 5.75 Å². The molecule has 0 bridgehead atoms. The van der Waals surface area contributed by atoms with Crippen molar-refractivity contribution in [3.05, 3.63) is 155 Å². The van der Waals surface area contributed by atoms with Gasteiger partial charge in [-0.1, -0.05) is 104 Å². The number of hydrogen-bond acceptors (Lipinski definition) is 9. The predicted octanol–water partition coefficient (Wildman–Crippen LogP) is 6.73. The number of nitrogens with one attached hydrogen (secondary N) is 1. The number of aliphatic hydroxyl groups is 1. The van der Waals surface area contributed by atoms with Crippen molar-refractivity contribution in [3.8, 4) is 16.8 Å². The van der Waals surface area contributed by atoms with Crippen molar-refractivity contribution in [1.82, 2.24) is 30.5 Å². The van der Waals surface area contributed by atoms with Crippen LogP contribution < -0.4 is 5.32 Å². The van der Waals surface area contributed by atoms with Crippen LogP contribution in [0, 0.1) is 5.92 Å². The molecule has 1 fully saturated rings. The summed E-state index contributed by atoms with van der Waals surface area (Å²) < 4.78 is 15.1. The Kier molecular flexibility index (Phi) is 10.4. The third-order valence-electron chi connectivity index (χ3n) is 8.76. The van der Waals surface area contributed by atoms with E-state index >= 15 is 0 Å². The van der Waals surface area contributed by atoms with E-state index in [1.165, 1.54) is 0 Å². The van der Waals surface area contributed by atoms with Crippen LogP contribution in [0.25, 0.3) is 16.8 Å². The summed E-state index contributed by atoms with van der Waals surface area (Å²) in [5.41, 5.74) is 7.26. The fourth-order valence-electron chi connectivity index (χ4n) is 5.94. The average Bonchev–Trinajstić information content (AvgIpc) is 3.66. The van der Waals surface area contributed by atoms with Gasteiger partial charge < -0.3 is 19.9 Å². The molecule has 1 amide bonds. The SMILES string of the molecule is CC1C(CSc2nnnn2-c2ccccc2)OC(c2ccc(-c3cccc(CNC(=O)c4cccnc4)c3)cc2)OC1c1ccc(CO)cc1. The number of aromatic nitrogens is 5. The first kappa shape index (κ1) is 33.3. The van der Waals surface area contributed by atoms with E-state index in [9.17, 15) is 9.90 Å². The van der Waals surface area contributed by atoms with Gasteiger partial charge in [0, 0.05) is 36.2 Å². The summed E-state index contributed by atoms with van der Waals surface area (Å²) in [5, 5.41) is 25.7. The number of carbonyl (C=O) groups is 1. The second-order valence-electron chi connectivity index (χ2n) is 12.1. The zero-order valence-corrected chi connectivity index (χ0v) is 28.2. The highest BCUT2D eigenvalue weighted by atomic mass is 32.2. The van der Waals surface area contributed by atoms with Gasteiger partial charge >= 0.3 is 0 Å². The summed E-state index contributed by atoms with van der Waals surface area (Å²) in [6, 6.07) is 37.5. The van der Waals surface area contributed by atoms with Gasteiger partial charge in [0.25, 0.3) is 5.91 Å². The lowest BCUT2D eigenvalue weighted by atomic mass is 9.91. The fourth-order valence-corrected chi connectivity index (χ4v) is 7.00. The Morgan fingerprint density at radius 1 is 0.860 bits per heavy atom. The maximum atomic E-state index is 12.5. The van der Waals surface area contributed by atoms with E-state index in [1.807, 2.05) is 78.9 Å². The largest absolute Gasteiger partial charge is 0.392 e. The van der Waals surface area contributed by atoms with Gasteiger partial charge in [0.15, 0.2) is 6.29 Å². The van der Waals surface area contributed by atoms with Crippen molar-refractivity contribution < 1.29 is 19.4 Å². The van der Waals surface area contributed by atoms with Crippen molar-refractivity contribution in [3.63, 3.8) is 0 Å². The first-order chi connectivity index (χ1) is 24.6. The third-order valence-corrected chi connectivity index (χ3v) is 9.77. The number of amides is 1. The molecule has 0 saturated carbocycles. The van der Waals surface area contributed by atoms with Crippen LogP contribution in [-0.2, 0) is 22.6 Å². The summed E-state index contributed by atoms with van der Waals surface area (Å²) in [5.74, 6) is 0.464. The Bertz CT molecular complexity index is 2010. The lowest BCUT2D eigenvalue weighted by Gasteiger charge is -2.41. The number of ether oxygens (including phenoxy) is 2. The molecule has 1 saturated heterocycles. The Balaban J connectivity index is 1.08. The molecule has 4 atom stereocenters. The molecule has 0 radical (unpaired) electrons. The Morgan fingerprint density at radius 3 is 2.42 bits per heavy atom. The molecule has 7 rings (SSSR count). The number of pyridine rings is 1. The molecule has 252 valence electrons. The molecular formula is C39H36N6O4S. The lowest BCUT2D eigenvalue weighted by Crippen LogP contribution is -2.38. The van der Waals surface area contributed by atoms with Crippen molar-refractivity contribution >= 4 is 17.7 Å². The number of hydrogen-bond donors (Lipinski definition) is 2. The summed E-state index contributed by atoms with van der Waals surface area (Å²) in [4.78, 5) is 16.6. The minimum Gasteiger partial charge on any atom is -0.392 e. The van der Waals surface area contributed by atoms with Crippen molar-refractivity contribution in [2.24, 2.45) is 5.92 Å². The highest BCUT2D eigenvalue weighted by Crippen LogP contribution is 2.43. The molecule has 11 heteroatoms. The van der Waals surface area contributed by atoms with Gasteiger partial charge in [-0.3, -0.25) is 9.78 Å². The highest BCUT2D eigenvalue weighted by Gasteiger charge is 2.38. The first-order valence-corrected chi connectivity index (χ1v) is 17.4. The van der Waals surface area contributed by atoms with Crippen LogP contribution in [0.2, 0.25) is 0 Å². The lowest BCUT2D eigenvalue weighted by molar-refractivity contribution is -0.268. The normalized spacial score (nSPS) is 18.8. The van der Waals surface area contributed by atoms with Crippen LogP contribution in [0.1, 0.15) is 51.9 Å². The van der Waals surface area contributed by atoms with Crippen molar-refractivity contribution in [1.29, 1.82) is 0 Å². The highest BCUT2D eigenvalue weighted by molar-refractivity contribution is 7.99. The zero-order valence-electron chi connectivity index (χ0n) is 27.4. The minimum absolute atomic E-state index is 0.0143. The molecule has 0 aliphatic carbocycles. The van der Waals surface area contributed by atoms with Crippen LogP contribution >= 0.6 is 11.8 Å². The van der Waals surface area contributed by atoms with Crippen LogP contribution in [0.5, 0.6) is 0 Å². The van der Waals surface area contributed by atoms with E-state index in [0.717, 1.165) is 39.1 Å². The van der Waals surface area contributed by atoms with E-state index in [1.54, 1.807) is 41.0 Å². The first-order valence-electron chi connectivity index (χ1n) is 16.4. The molecule has 2 N–H and O–H groups in total. The molecule has 3 heterocycles. The third kappa shape index (κ3) is 7.66. The number of para-hydroxylation sites is 1. The summed E-state index contributed by atoms with van der Waals surface area (Å²) in [6.07, 6.45) is 2.18. The van der Waals surface area contributed by atoms with Gasteiger partial charge in [-0.15, -0.1) is 5.10 Å². The second-order valence-corrected chi connectivity index (χ2v) is 13.1. The van der Waals surface area contributed by atoms with Crippen LogP contribution in [-0.4, -0.2) is 48.1 Å². The van der Waals surface area contributed by atoms with E-state index < -0.39 is 6.29 Å². The van der Waals surface area contributed by atoms with E-state index in [2.05, 4.69) is 57.0 Å². The molecule has 4 unspecified atom stereocenters. The Hall–Kier alpha value is -5.20. The van der Waals surface area contributed by atoms with E-state index in [4.69, 9.17) is 9.47 Å². The van der Waals surface area contributed by atoms with Gasteiger partial charge in [0.2, 0.25) is 5.16 Å². The molecule has 0 spiro atoms. The quantitative estimate of drug-likeness (QED) is 0.143. The smallest absolute Gasteiger partial charge is 0.253 e. The number of nitrogens with zero attached hydrogens (tertiary/aromatic N) is 5. The second kappa shape index (κ2) is 15.6. The van der Waals surface area contributed by atoms with Gasteiger partial charge in [-0.05, 0) is 68.6 Å². The number of rotatable bonds is 11. The average molecular weight is 685 g/mol. The minimum atomic E-state index is -0.604. The number of tetrazole rings is 1. The van der Waals surface area contributed by atoms with Crippen molar-refractivity contribution in [2.45, 2.75) is 43.7 Å². The molecule has 2 aromatic heterocycles. The van der Waals surface area contributed by atoms with Crippen LogP contribution in [0.4, 0.5) is 0 Å². The molecule has 50 heavy (non-hydrogen) atoms. The maximum Gasteiger partial charge on any atom is 0.253 e. The number of carbonyl (C=O) groups excluding carboxylic acids is 1. The number of aliphatic hydroxyl groups excluding tert-OH is 1. The van der Waals surface area contributed by atoms with E-state index in [-0.39, 0.29) is 30.6 Å². The van der Waals surface area contributed by atoms with Gasteiger partial charge in [0.05, 0.1) is 30.1 Å². The Labute approximate surface area is 294 Å². The predicted molar refractivity (Wildman–Crippen MR) is 190 cm³/mol. The number of thioether (sulfide) groups is 1. The summed E-state index contributed by atoms with van der Waals surface area (Å²) in [7, 11) is 0. The van der Waals surface area contributed by atoms with Gasteiger partial charge in [-0.25, -0.2) is 0 Å². The standard InChI is InChI=1S/C39H36N6O4S/c1-26-35(25-50-39-42-43-44-45(39)34-10-3-2-4-11-34)48-38(49-36(26)30-14-12-27(24-46)13-15-30)31-18-16-29(17-19-31)32-8-5-7-28(21-32)22-41-37(47)33-9-6-20-40-23-33/h2-21,23,26,35-36,38,46H,22,24-25H2,1H3,(H,41,47). The molecule has 1 aliphatic rings. The molecule has 6 aromatic rings. The fraction of sp³-hybridized carbons (Fsp3) is 0.205. The van der Waals surface area contributed by atoms with E-state index in [0.29, 0.717) is 23.0 Å². The summed E-state index contributed by atoms with van der Waals surface area (Å²) in [6.45, 7) is 2.53. The molecule has 1 aliphatic heterocycles.